The molecule has 0 nitrogen and oxygen atoms in total. The molecule has 0 N–H and O–H groups in total. The van der Waals surface area contributed by atoms with Crippen molar-refractivity contribution >= 4 is 0 Å². The molecule has 0 heterocycles. The van der Waals surface area contributed by atoms with Gasteiger partial charge in [0, 0.05) is 0 Å². The van der Waals surface area contributed by atoms with Gasteiger partial charge >= 0.3 is 0 Å². The lowest BCUT2D eigenvalue weighted by molar-refractivity contribution is -0.179. The van der Waals surface area contributed by atoms with E-state index >= 15 is 0 Å². The van der Waals surface area contributed by atoms with Crippen LogP contribution in [0.4, 0.5) is 4.39 Å². The normalized spacial score (nSPS) is 51.9. The molecular formula is C33H51F. The highest BCUT2D eigenvalue weighted by Crippen LogP contribution is 2.73. The van der Waals surface area contributed by atoms with Gasteiger partial charge in [-0.1, -0.05) is 53.2 Å². The van der Waals surface area contributed by atoms with Gasteiger partial charge in [0.25, 0.3) is 0 Å². The topological polar surface area (TPSA) is 0 Å². The van der Waals surface area contributed by atoms with Crippen LogP contribution in [-0.4, -0.2) is 6.67 Å². The largest absolute Gasteiger partial charge is 0.251 e. The standard InChI is InChI=1S/C33H51F/c1-30(2)25(23-10-8-22(21-34)9-11-23)15-19-33(5)28(30)16-20-32(4)27-14-18-31(3)17-6-7-26(31)24(27)12-13-29(32)33/h10,15,22,24,26-29H,6-9,11-14,16-21H2,1-5H3/t22?,24-,26?,27?,28?,29?,31-,32+,33+/m1/s1. The van der Waals surface area contributed by atoms with Crippen LogP contribution < -0.4 is 0 Å². The summed E-state index contributed by atoms with van der Waals surface area (Å²) in [4.78, 5) is 0. The van der Waals surface area contributed by atoms with E-state index in [0.29, 0.717) is 16.2 Å². The van der Waals surface area contributed by atoms with Crippen molar-refractivity contribution in [2.75, 3.05) is 6.67 Å². The molecule has 0 bridgehead atoms. The zero-order valence-corrected chi connectivity index (χ0v) is 22.9. The Morgan fingerprint density at radius 3 is 2.35 bits per heavy atom. The summed E-state index contributed by atoms with van der Waals surface area (Å²) in [6.45, 7) is 13.1. The highest BCUT2D eigenvalue weighted by Gasteiger charge is 2.64. The van der Waals surface area contributed by atoms with Gasteiger partial charge in [0.15, 0.2) is 0 Å². The molecule has 0 saturated heterocycles. The fourth-order valence-corrected chi connectivity index (χ4v) is 12.0. The number of halogens is 1. The summed E-state index contributed by atoms with van der Waals surface area (Å²) in [6, 6.07) is 0. The van der Waals surface area contributed by atoms with E-state index in [1.54, 1.807) is 11.1 Å². The molecule has 6 aliphatic carbocycles. The molecular weight excluding hydrogens is 415 g/mol. The lowest BCUT2D eigenvalue weighted by Gasteiger charge is -2.68. The lowest BCUT2D eigenvalue weighted by atomic mass is 9.36. The molecule has 4 saturated carbocycles. The van der Waals surface area contributed by atoms with Gasteiger partial charge in [-0.2, -0.15) is 0 Å². The molecule has 0 aromatic rings. The van der Waals surface area contributed by atoms with Crippen molar-refractivity contribution in [3.63, 3.8) is 0 Å². The van der Waals surface area contributed by atoms with Crippen LogP contribution in [0.15, 0.2) is 23.3 Å². The molecule has 0 amide bonds. The number of alkyl halides is 1. The van der Waals surface area contributed by atoms with Crippen LogP contribution in [0.1, 0.15) is 118 Å². The Hall–Kier alpha value is -0.590. The summed E-state index contributed by atoms with van der Waals surface area (Å²) < 4.78 is 13.2. The fraction of sp³-hybridized carbons (Fsp3) is 0.879. The first kappa shape index (κ1) is 23.8. The van der Waals surface area contributed by atoms with Crippen LogP contribution >= 0.6 is 0 Å². The summed E-state index contributed by atoms with van der Waals surface area (Å²) >= 11 is 0. The van der Waals surface area contributed by atoms with E-state index in [1.165, 1.54) is 64.2 Å². The summed E-state index contributed by atoms with van der Waals surface area (Å²) in [7, 11) is 0. The molecule has 6 rings (SSSR count). The van der Waals surface area contributed by atoms with Gasteiger partial charge in [0.1, 0.15) is 0 Å². The number of fused-ring (bicyclic) bond motifs is 7. The molecule has 190 valence electrons. The monoisotopic (exact) mass is 466 g/mol. The predicted octanol–water partition coefficient (Wildman–Crippen LogP) is 9.70. The van der Waals surface area contributed by atoms with E-state index in [-0.39, 0.29) is 18.0 Å². The second-order valence-corrected chi connectivity index (χ2v) is 15.3. The van der Waals surface area contributed by atoms with E-state index in [1.807, 2.05) is 0 Å². The second-order valence-electron chi connectivity index (χ2n) is 15.3. The van der Waals surface area contributed by atoms with Gasteiger partial charge in [0.05, 0.1) is 6.67 Å². The maximum Gasteiger partial charge on any atom is 0.0925 e. The SMILES string of the molecule is CC1(C)C(C2=CCC(CF)CC2)=CC[C@@]2(C)C1CC[C@@]1(C)C3CC[C@@]4(C)CCCC4[C@H]3CCC12. The molecule has 0 aromatic heterocycles. The van der Waals surface area contributed by atoms with Crippen molar-refractivity contribution in [2.45, 2.75) is 118 Å². The molecule has 5 unspecified atom stereocenters. The minimum Gasteiger partial charge on any atom is -0.251 e. The number of hydrogen-bond acceptors (Lipinski definition) is 0. The summed E-state index contributed by atoms with van der Waals surface area (Å²) in [5.74, 6) is 4.96. The zero-order valence-electron chi connectivity index (χ0n) is 22.9. The van der Waals surface area contributed by atoms with Crippen LogP contribution in [0.2, 0.25) is 0 Å². The molecule has 1 heteroatoms. The molecule has 4 fully saturated rings. The first-order valence-corrected chi connectivity index (χ1v) is 15.1. The molecule has 0 aromatic carbocycles. The van der Waals surface area contributed by atoms with Gasteiger partial charge < -0.3 is 0 Å². The van der Waals surface area contributed by atoms with E-state index in [4.69, 9.17) is 0 Å². The molecule has 9 atom stereocenters. The van der Waals surface area contributed by atoms with Crippen molar-refractivity contribution in [1.29, 1.82) is 0 Å². The van der Waals surface area contributed by atoms with Crippen molar-refractivity contribution in [3.8, 4) is 0 Å². The minimum absolute atomic E-state index is 0.144. The van der Waals surface area contributed by atoms with Gasteiger partial charge in [-0.05, 0) is 145 Å². The highest BCUT2D eigenvalue weighted by atomic mass is 19.1. The van der Waals surface area contributed by atoms with Crippen LogP contribution in [0, 0.1) is 57.2 Å². The molecule has 0 aliphatic heterocycles. The first-order chi connectivity index (χ1) is 16.1. The van der Waals surface area contributed by atoms with E-state index in [0.717, 1.165) is 48.9 Å². The molecule has 34 heavy (non-hydrogen) atoms. The average Bonchev–Trinajstić information content (AvgIpc) is 3.20. The Labute approximate surface area is 209 Å². The third-order valence-electron chi connectivity index (χ3n) is 13.6. The van der Waals surface area contributed by atoms with Gasteiger partial charge in [0.2, 0.25) is 0 Å². The van der Waals surface area contributed by atoms with Crippen LogP contribution in [0.3, 0.4) is 0 Å². The Kier molecular flexibility index (Phi) is 5.56. The number of hydrogen-bond donors (Lipinski definition) is 0. The summed E-state index contributed by atoms with van der Waals surface area (Å²) in [5.41, 5.74) is 5.13. The van der Waals surface area contributed by atoms with E-state index < -0.39 is 0 Å². The van der Waals surface area contributed by atoms with Crippen LogP contribution in [0.5, 0.6) is 0 Å². The maximum atomic E-state index is 13.2. The van der Waals surface area contributed by atoms with Crippen LogP contribution in [0.25, 0.3) is 0 Å². The van der Waals surface area contributed by atoms with E-state index in [2.05, 4.69) is 46.8 Å². The number of rotatable bonds is 2. The molecule has 6 aliphatic rings. The highest BCUT2D eigenvalue weighted by molar-refractivity contribution is 5.41. The zero-order chi connectivity index (χ0) is 23.9. The Morgan fingerprint density at radius 2 is 1.62 bits per heavy atom. The quantitative estimate of drug-likeness (QED) is 0.380. The Bertz CT molecular complexity index is 879. The second kappa shape index (κ2) is 7.95. The first-order valence-electron chi connectivity index (χ1n) is 15.1. The third kappa shape index (κ3) is 3.19. The summed E-state index contributed by atoms with van der Waals surface area (Å²) in [5, 5.41) is 0. The third-order valence-corrected chi connectivity index (χ3v) is 13.6. The van der Waals surface area contributed by atoms with Crippen molar-refractivity contribution in [3.05, 3.63) is 23.3 Å². The number of allylic oxidation sites excluding steroid dienone is 4. The van der Waals surface area contributed by atoms with Crippen molar-refractivity contribution in [1.82, 2.24) is 0 Å². The molecule has 0 spiro atoms. The lowest BCUT2D eigenvalue weighted by Crippen LogP contribution is -2.61. The van der Waals surface area contributed by atoms with Gasteiger partial charge in [-0.25, -0.2) is 0 Å². The minimum atomic E-state index is -0.144. The smallest absolute Gasteiger partial charge is 0.0925 e. The average molecular weight is 467 g/mol. The molecule has 0 radical (unpaired) electrons. The van der Waals surface area contributed by atoms with Gasteiger partial charge in [-0.15, -0.1) is 0 Å². The Balaban J connectivity index is 1.30. The van der Waals surface area contributed by atoms with Crippen molar-refractivity contribution in [2.24, 2.45) is 57.2 Å². The van der Waals surface area contributed by atoms with E-state index in [9.17, 15) is 4.39 Å². The summed E-state index contributed by atoms with van der Waals surface area (Å²) in [6.07, 6.45) is 22.9. The maximum absolute atomic E-state index is 13.2. The fourth-order valence-electron chi connectivity index (χ4n) is 12.0. The van der Waals surface area contributed by atoms with Crippen LogP contribution in [-0.2, 0) is 0 Å². The van der Waals surface area contributed by atoms with Crippen molar-refractivity contribution < 1.29 is 4.39 Å². The predicted molar refractivity (Wildman–Crippen MR) is 141 cm³/mol. The Morgan fingerprint density at radius 1 is 0.794 bits per heavy atom. The van der Waals surface area contributed by atoms with Gasteiger partial charge in [-0.3, -0.25) is 4.39 Å².